The predicted octanol–water partition coefficient (Wildman–Crippen LogP) is 0.888. The Morgan fingerprint density at radius 1 is 1.70 bits per heavy atom. The first-order valence-corrected chi connectivity index (χ1v) is 3.66. The van der Waals surface area contributed by atoms with Crippen LogP contribution in [0, 0.1) is 18.3 Å². The monoisotopic (exact) mass is 140 g/mol. The molecule has 0 aromatic carbocycles. The molecule has 3 N–H and O–H groups in total. The second kappa shape index (κ2) is 5.28. The van der Waals surface area contributed by atoms with Gasteiger partial charge in [-0.15, -0.1) is 6.42 Å². The van der Waals surface area contributed by atoms with Crippen molar-refractivity contribution >= 4 is 0 Å². The average Bonchev–Trinajstić information content (AvgIpc) is 1.99. The molecule has 2 unspecified atom stereocenters. The summed E-state index contributed by atoms with van der Waals surface area (Å²) >= 11 is 0. The van der Waals surface area contributed by atoms with E-state index in [1.54, 1.807) is 0 Å². The smallest absolute Gasteiger partial charge is 0.0817 e. The maximum absolute atomic E-state index is 5.19. The molecule has 0 rings (SSSR count). The molecule has 0 aromatic rings. The van der Waals surface area contributed by atoms with Crippen molar-refractivity contribution in [1.29, 1.82) is 0 Å². The molecule has 0 heterocycles. The molecule has 0 saturated carbocycles. The average molecular weight is 140 g/mol. The summed E-state index contributed by atoms with van der Waals surface area (Å²) in [5.74, 6) is 8.42. The molecule has 0 radical (unpaired) electrons. The molecule has 0 bridgehead atoms. The highest BCUT2D eigenvalue weighted by Crippen LogP contribution is 2.08. The second-order valence-electron chi connectivity index (χ2n) is 2.64. The molecule has 0 spiro atoms. The molecule has 0 fully saturated rings. The van der Waals surface area contributed by atoms with E-state index in [0.717, 1.165) is 12.8 Å². The van der Waals surface area contributed by atoms with Gasteiger partial charge in [0.15, 0.2) is 0 Å². The number of rotatable bonds is 4. The third kappa shape index (κ3) is 3.49. The van der Waals surface area contributed by atoms with Crippen LogP contribution in [0.1, 0.15) is 26.7 Å². The molecule has 58 valence electrons. The van der Waals surface area contributed by atoms with Gasteiger partial charge in [0.2, 0.25) is 0 Å². The van der Waals surface area contributed by atoms with E-state index >= 15 is 0 Å². The zero-order valence-corrected chi connectivity index (χ0v) is 6.72. The van der Waals surface area contributed by atoms with Crippen LogP contribution in [-0.2, 0) is 0 Å². The molecular weight excluding hydrogens is 124 g/mol. The standard InChI is InChI=1S/C8H16N2/c1-4-7(3)6-8(5-2)10-9/h2,7-8,10H,4,6,9H2,1,3H3. The number of hydrazine groups is 1. The molecule has 2 heteroatoms. The summed E-state index contributed by atoms with van der Waals surface area (Å²) in [6.07, 6.45) is 7.31. The van der Waals surface area contributed by atoms with Gasteiger partial charge in [0.25, 0.3) is 0 Å². The summed E-state index contributed by atoms with van der Waals surface area (Å²) in [7, 11) is 0. The third-order valence-electron chi connectivity index (χ3n) is 1.74. The van der Waals surface area contributed by atoms with E-state index in [1.165, 1.54) is 0 Å². The quantitative estimate of drug-likeness (QED) is 0.346. The van der Waals surface area contributed by atoms with Gasteiger partial charge in [-0.25, -0.2) is 5.43 Å². The fourth-order valence-corrected chi connectivity index (χ4v) is 0.753. The molecular formula is C8H16N2. The minimum Gasteiger partial charge on any atom is -0.270 e. The van der Waals surface area contributed by atoms with Crippen molar-refractivity contribution in [3.05, 3.63) is 0 Å². The Bertz CT molecular complexity index is 115. The fraction of sp³-hybridized carbons (Fsp3) is 0.750. The van der Waals surface area contributed by atoms with Crippen LogP contribution in [0.15, 0.2) is 0 Å². The van der Waals surface area contributed by atoms with Gasteiger partial charge < -0.3 is 0 Å². The van der Waals surface area contributed by atoms with Crippen molar-refractivity contribution in [3.8, 4) is 12.3 Å². The Kier molecular flexibility index (Phi) is 5.00. The van der Waals surface area contributed by atoms with Crippen LogP contribution in [0.5, 0.6) is 0 Å². The van der Waals surface area contributed by atoms with Gasteiger partial charge in [0.1, 0.15) is 0 Å². The van der Waals surface area contributed by atoms with Crippen LogP contribution in [0.3, 0.4) is 0 Å². The van der Waals surface area contributed by atoms with Gasteiger partial charge in [-0.05, 0) is 12.3 Å². The highest BCUT2D eigenvalue weighted by molar-refractivity contribution is 4.97. The minimum atomic E-state index is 0.0370. The van der Waals surface area contributed by atoms with Gasteiger partial charge in [0, 0.05) is 0 Å². The third-order valence-corrected chi connectivity index (χ3v) is 1.74. The van der Waals surface area contributed by atoms with E-state index in [4.69, 9.17) is 12.3 Å². The van der Waals surface area contributed by atoms with E-state index in [2.05, 4.69) is 25.2 Å². The first kappa shape index (κ1) is 9.48. The molecule has 2 atom stereocenters. The van der Waals surface area contributed by atoms with Gasteiger partial charge in [-0.3, -0.25) is 5.84 Å². The lowest BCUT2D eigenvalue weighted by molar-refractivity contribution is 0.451. The van der Waals surface area contributed by atoms with Crippen molar-refractivity contribution in [3.63, 3.8) is 0 Å². The Labute approximate surface area is 63.2 Å². The van der Waals surface area contributed by atoms with Crippen molar-refractivity contribution in [1.82, 2.24) is 5.43 Å². The first-order chi connectivity index (χ1) is 4.74. The fourth-order valence-electron chi connectivity index (χ4n) is 0.753. The molecule has 0 amide bonds. The number of hydrogen-bond donors (Lipinski definition) is 2. The summed E-state index contributed by atoms with van der Waals surface area (Å²) in [6, 6.07) is 0.0370. The molecule has 0 aromatic heterocycles. The van der Waals surface area contributed by atoms with Crippen LogP contribution in [0.25, 0.3) is 0 Å². The Morgan fingerprint density at radius 2 is 2.30 bits per heavy atom. The predicted molar refractivity (Wildman–Crippen MR) is 44.0 cm³/mol. The topological polar surface area (TPSA) is 38.0 Å². The summed E-state index contributed by atoms with van der Waals surface area (Å²) < 4.78 is 0. The number of nitrogens with two attached hydrogens (primary N) is 1. The van der Waals surface area contributed by atoms with Crippen molar-refractivity contribution in [2.75, 3.05) is 0 Å². The molecule has 2 nitrogen and oxygen atoms in total. The van der Waals surface area contributed by atoms with Gasteiger partial charge in [-0.2, -0.15) is 0 Å². The van der Waals surface area contributed by atoms with Crippen molar-refractivity contribution in [2.24, 2.45) is 11.8 Å². The van der Waals surface area contributed by atoms with E-state index in [0.29, 0.717) is 5.92 Å². The van der Waals surface area contributed by atoms with Crippen LogP contribution in [0.2, 0.25) is 0 Å². The van der Waals surface area contributed by atoms with Gasteiger partial charge in [0.05, 0.1) is 6.04 Å². The lowest BCUT2D eigenvalue weighted by atomic mass is 10.0. The van der Waals surface area contributed by atoms with E-state index in [9.17, 15) is 0 Å². The molecule has 0 aliphatic heterocycles. The SMILES string of the molecule is C#CC(CC(C)CC)NN. The summed E-state index contributed by atoms with van der Waals surface area (Å²) in [4.78, 5) is 0. The van der Waals surface area contributed by atoms with E-state index in [1.807, 2.05) is 0 Å². The molecule has 0 aliphatic carbocycles. The lowest BCUT2D eigenvalue weighted by Gasteiger charge is -2.13. The van der Waals surface area contributed by atoms with Crippen molar-refractivity contribution in [2.45, 2.75) is 32.7 Å². The molecule has 10 heavy (non-hydrogen) atoms. The van der Waals surface area contributed by atoms with Crippen LogP contribution < -0.4 is 11.3 Å². The largest absolute Gasteiger partial charge is 0.270 e. The van der Waals surface area contributed by atoms with Crippen LogP contribution in [-0.4, -0.2) is 6.04 Å². The minimum absolute atomic E-state index is 0.0370. The molecule has 0 aliphatic rings. The summed E-state index contributed by atoms with van der Waals surface area (Å²) in [5.41, 5.74) is 2.58. The molecule has 0 saturated heterocycles. The van der Waals surface area contributed by atoms with Gasteiger partial charge >= 0.3 is 0 Å². The maximum Gasteiger partial charge on any atom is 0.0817 e. The Balaban J connectivity index is 3.54. The number of hydrogen-bond acceptors (Lipinski definition) is 2. The Morgan fingerprint density at radius 3 is 2.60 bits per heavy atom. The maximum atomic E-state index is 5.19. The number of nitrogens with one attached hydrogen (secondary N) is 1. The van der Waals surface area contributed by atoms with Crippen LogP contribution in [0.4, 0.5) is 0 Å². The highest BCUT2D eigenvalue weighted by Gasteiger charge is 2.05. The van der Waals surface area contributed by atoms with Crippen LogP contribution >= 0.6 is 0 Å². The lowest BCUT2D eigenvalue weighted by Crippen LogP contribution is -2.34. The summed E-state index contributed by atoms with van der Waals surface area (Å²) in [6.45, 7) is 4.32. The zero-order valence-electron chi connectivity index (χ0n) is 6.72. The van der Waals surface area contributed by atoms with E-state index < -0.39 is 0 Å². The Hall–Kier alpha value is -0.520. The number of terminal acetylenes is 1. The first-order valence-electron chi connectivity index (χ1n) is 3.66. The normalized spacial score (nSPS) is 15.8. The zero-order chi connectivity index (χ0) is 7.98. The highest BCUT2D eigenvalue weighted by atomic mass is 15.2. The van der Waals surface area contributed by atoms with E-state index in [-0.39, 0.29) is 6.04 Å². The summed E-state index contributed by atoms with van der Waals surface area (Å²) in [5, 5.41) is 0. The van der Waals surface area contributed by atoms with Gasteiger partial charge in [-0.1, -0.05) is 26.2 Å². The second-order valence-corrected chi connectivity index (χ2v) is 2.64. The van der Waals surface area contributed by atoms with Crippen molar-refractivity contribution < 1.29 is 0 Å².